The van der Waals surface area contributed by atoms with E-state index in [0.29, 0.717) is 0 Å². The fourth-order valence-corrected chi connectivity index (χ4v) is 3.09. The molecule has 1 aliphatic rings. The van der Waals surface area contributed by atoms with Crippen LogP contribution in [0.5, 0.6) is 0 Å². The fourth-order valence-electron chi connectivity index (χ4n) is 3.09. The molecule has 1 aliphatic carbocycles. The summed E-state index contributed by atoms with van der Waals surface area (Å²) in [4.78, 5) is 4.17. The van der Waals surface area contributed by atoms with Crippen molar-refractivity contribution in [1.29, 1.82) is 0 Å². The summed E-state index contributed by atoms with van der Waals surface area (Å²) in [5.41, 5.74) is 2.63. The average Bonchev–Trinajstić information content (AvgIpc) is 2.35. The number of rotatable bonds is 1. The summed E-state index contributed by atoms with van der Waals surface area (Å²) < 4.78 is 0. The van der Waals surface area contributed by atoms with Gasteiger partial charge < -0.3 is 5.11 Å². The Bertz CT molecular complexity index is 637. The van der Waals surface area contributed by atoms with Gasteiger partial charge in [-0.2, -0.15) is 0 Å². The van der Waals surface area contributed by atoms with Crippen LogP contribution in [0.25, 0.3) is 16.3 Å². The molecule has 98 valence electrons. The molecule has 2 heteroatoms. The molecule has 0 aliphatic heterocycles. The van der Waals surface area contributed by atoms with Gasteiger partial charge in [0.05, 0.1) is 6.10 Å². The Balaban J connectivity index is 2.14. The minimum atomic E-state index is -0.337. The van der Waals surface area contributed by atoms with Crippen molar-refractivity contribution in [3.8, 4) is 0 Å². The van der Waals surface area contributed by atoms with E-state index in [0.717, 1.165) is 18.2 Å². The topological polar surface area (TPSA) is 33.1 Å². The van der Waals surface area contributed by atoms with E-state index in [9.17, 15) is 5.11 Å². The van der Waals surface area contributed by atoms with Crippen molar-refractivity contribution in [2.24, 2.45) is 5.41 Å². The Morgan fingerprint density at radius 2 is 2.11 bits per heavy atom. The first kappa shape index (κ1) is 12.4. The molecule has 0 amide bonds. The van der Waals surface area contributed by atoms with Crippen molar-refractivity contribution in [1.82, 2.24) is 4.98 Å². The van der Waals surface area contributed by atoms with Crippen LogP contribution in [-0.4, -0.2) is 16.2 Å². The highest BCUT2D eigenvalue weighted by molar-refractivity contribution is 5.93. The van der Waals surface area contributed by atoms with E-state index in [-0.39, 0.29) is 11.5 Å². The number of aliphatic hydroxyl groups is 1. The van der Waals surface area contributed by atoms with E-state index in [1.165, 1.54) is 16.5 Å². The third-order valence-electron chi connectivity index (χ3n) is 3.85. The molecular weight excluding hydrogens is 234 g/mol. The van der Waals surface area contributed by atoms with E-state index in [1.807, 2.05) is 18.5 Å². The molecule has 1 aromatic heterocycles. The van der Waals surface area contributed by atoms with Gasteiger partial charge in [0.1, 0.15) is 0 Å². The Kier molecular flexibility index (Phi) is 2.90. The average molecular weight is 253 g/mol. The van der Waals surface area contributed by atoms with Crippen LogP contribution in [0.4, 0.5) is 0 Å². The second kappa shape index (κ2) is 4.46. The Morgan fingerprint density at radius 3 is 2.89 bits per heavy atom. The molecule has 1 N–H and O–H groups in total. The highest BCUT2D eigenvalue weighted by Crippen LogP contribution is 2.41. The van der Waals surface area contributed by atoms with Crippen LogP contribution in [0, 0.1) is 5.41 Å². The maximum absolute atomic E-state index is 10.1. The number of fused-ring (bicyclic) bond motifs is 1. The van der Waals surface area contributed by atoms with E-state index < -0.39 is 0 Å². The molecule has 0 spiro atoms. The predicted octanol–water partition coefficient (Wildman–Crippen LogP) is 3.80. The van der Waals surface area contributed by atoms with E-state index in [1.54, 1.807) is 0 Å². The normalized spacial score (nSPS) is 22.3. The quantitative estimate of drug-likeness (QED) is 0.838. The summed E-state index contributed by atoms with van der Waals surface area (Å²) in [6.07, 6.45) is 7.24. The molecule has 0 fully saturated rings. The van der Waals surface area contributed by atoms with Crippen LogP contribution in [0.2, 0.25) is 0 Å². The van der Waals surface area contributed by atoms with Gasteiger partial charge >= 0.3 is 0 Å². The van der Waals surface area contributed by atoms with Gasteiger partial charge in [-0.1, -0.05) is 38.1 Å². The SMILES string of the molecule is CC1(C)CC(c2cccc3cnccc23)=CC(O)C1. The smallest absolute Gasteiger partial charge is 0.0732 e. The van der Waals surface area contributed by atoms with Gasteiger partial charge in [-0.25, -0.2) is 0 Å². The Hall–Kier alpha value is -1.67. The van der Waals surface area contributed by atoms with Crippen LogP contribution in [0.15, 0.2) is 42.7 Å². The fraction of sp³-hybridized carbons (Fsp3) is 0.353. The number of aromatic nitrogens is 1. The number of hydrogen-bond donors (Lipinski definition) is 1. The summed E-state index contributed by atoms with van der Waals surface area (Å²) in [5, 5.41) is 12.4. The molecule has 2 nitrogen and oxygen atoms in total. The lowest BCUT2D eigenvalue weighted by Crippen LogP contribution is -2.24. The highest BCUT2D eigenvalue weighted by Gasteiger charge is 2.28. The van der Waals surface area contributed by atoms with Gasteiger partial charge in [0.2, 0.25) is 0 Å². The molecule has 0 bridgehead atoms. The van der Waals surface area contributed by atoms with Crippen molar-refractivity contribution in [2.75, 3.05) is 0 Å². The van der Waals surface area contributed by atoms with Crippen molar-refractivity contribution in [3.63, 3.8) is 0 Å². The van der Waals surface area contributed by atoms with E-state index >= 15 is 0 Å². The van der Waals surface area contributed by atoms with E-state index in [2.05, 4.69) is 43.1 Å². The number of pyridine rings is 1. The van der Waals surface area contributed by atoms with Gasteiger partial charge in [-0.3, -0.25) is 4.98 Å². The molecule has 0 saturated carbocycles. The molecule has 0 radical (unpaired) electrons. The molecular formula is C17H19NO. The number of benzene rings is 1. The second-order valence-electron chi connectivity index (χ2n) is 6.21. The van der Waals surface area contributed by atoms with Crippen LogP contribution in [0.3, 0.4) is 0 Å². The largest absolute Gasteiger partial charge is 0.389 e. The zero-order valence-electron chi connectivity index (χ0n) is 11.4. The lowest BCUT2D eigenvalue weighted by molar-refractivity contribution is 0.146. The number of hydrogen-bond acceptors (Lipinski definition) is 2. The van der Waals surface area contributed by atoms with Crippen LogP contribution in [0.1, 0.15) is 32.3 Å². The monoisotopic (exact) mass is 253 g/mol. The van der Waals surface area contributed by atoms with Crippen molar-refractivity contribution >= 4 is 16.3 Å². The lowest BCUT2D eigenvalue weighted by Gasteiger charge is -2.33. The third-order valence-corrected chi connectivity index (χ3v) is 3.85. The molecule has 1 heterocycles. The van der Waals surface area contributed by atoms with Gasteiger partial charge in [0.15, 0.2) is 0 Å². The molecule has 1 aromatic carbocycles. The van der Waals surface area contributed by atoms with Crippen LogP contribution in [-0.2, 0) is 0 Å². The van der Waals surface area contributed by atoms with Gasteiger partial charge in [-0.15, -0.1) is 0 Å². The standard InChI is InChI=1S/C17H19NO/c1-17(2)9-13(8-14(19)10-17)15-5-3-4-12-11-18-7-6-16(12)15/h3-8,11,14,19H,9-10H2,1-2H3. The molecule has 0 saturated heterocycles. The van der Waals surface area contributed by atoms with Crippen molar-refractivity contribution < 1.29 is 5.11 Å². The highest BCUT2D eigenvalue weighted by atomic mass is 16.3. The van der Waals surface area contributed by atoms with Crippen molar-refractivity contribution in [2.45, 2.75) is 32.8 Å². The lowest BCUT2D eigenvalue weighted by atomic mass is 9.74. The summed E-state index contributed by atoms with van der Waals surface area (Å²) in [5.74, 6) is 0. The van der Waals surface area contributed by atoms with Crippen LogP contribution >= 0.6 is 0 Å². The maximum atomic E-state index is 10.1. The van der Waals surface area contributed by atoms with Gasteiger partial charge in [0, 0.05) is 17.8 Å². The van der Waals surface area contributed by atoms with Gasteiger partial charge in [0.25, 0.3) is 0 Å². The minimum Gasteiger partial charge on any atom is -0.389 e. The number of aliphatic hydroxyl groups excluding tert-OH is 1. The predicted molar refractivity (Wildman–Crippen MR) is 78.7 cm³/mol. The summed E-state index contributed by atoms with van der Waals surface area (Å²) >= 11 is 0. The first-order valence-corrected chi connectivity index (χ1v) is 6.77. The van der Waals surface area contributed by atoms with E-state index in [4.69, 9.17) is 0 Å². The number of allylic oxidation sites excluding steroid dienone is 1. The zero-order valence-corrected chi connectivity index (χ0v) is 11.4. The molecule has 1 atom stereocenters. The first-order valence-electron chi connectivity index (χ1n) is 6.77. The first-order chi connectivity index (χ1) is 9.05. The summed E-state index contributed by atoms with van der Waals surface area (Å²) in [7, 11) is 0. The minimum absolute atomic E-state index is 0.151. The molecule has 3 rings (SSSR count). The molecule has 2 aromatic rings. The summed E-state index contributed by atoms with van der Waals surface area (Å²) in [6.45, 7) is 4.44. The second-order valence-corrected chi connectivity index (χ2v) is 6.21. The molecule has 1 unspecified atom stereocenters. The third kappa shape index (κ3) is 2.41. The number of nitrogens with zero attached hydrogens (tertiary/aromatic N) is 1. The zero-order chi connectivity index (χ0) is 13.5. The van der Waals surface area contributed by atoms with Gasteiger partial charge in [-0.05, 0) is 40.8 Å². The van der Waals surface area contributed by atoms with Crippen molar-refractivity contribution in [3.05, 3.63) is 48.3 Å². The maximum Gasteiger partial charge on any atom is 0.0732 e. The molecule has 19 heavy (non-hydrogen) atoms. The van der Waals surface area contributed by atoms with Crippen LogP contribution < -0.4 is 0 Å². The Labute approximate surface area is 113 Å². The summed E-state index contributed by atoms with van der Waals surface area (Å²) in [6, 6.07) is 8.34. The Morgan fingerprint density at radius 1 is 1.26 bits per heavy atom.